The van der Waals surface area contributed by atoms with Crippen LogP contribution < -0.4 is 11.3 Å². The molecule has 0 aliphatic carbocycles. The van der Waals surface area contributed by atoms with Crippen molar-refractivity contribution in [2.75, 3.05) is 5.73 Å². The Kier molecular flexibility index (Phi) is 2.53. The number of anilines is 1. The largest absolute Gasteiger partial charge is 0.369 e. The zero-order valence-electron chi connectivity index (χ0n) is 9.99. The summed E-state index contributed by atoms with van der Waals surface area (Å²) in [5, 5.41) is 0.559. The first-order valence-electron chi connectivity index (χ1n) is 5.56. The van der Waals surface area contributed by atoms with Crippen LogP contribution in [0.5, 0.6) is 0 Å². The zero-order valence-corrected chi connectivity index (χ0v) is 10.7. The van der Waals surface area contributed by atoms with E-state index in [1.807, 2.05) is 25.1 Å². The van der Waals surface area contributed by atoms with Crippen LogP contribution in [0.15, 0.2) is 23.0 Å². The van der Waals surface area contributed by atoms with Crippen LogP contribution in [0.2, 0.25) is 5.02 Å². The number of nitrogens with zero attached hydrogens (tertiary/aromatic N) is 2. The molecule has 1 aromatic carbocycles. The fraction of sp³-hybridized carbons (Fsp3) is 0.0833. The first-order chi connectivity index (χ1) is 9.04. The number of halogens is 1. The summed E-state index contributed by atoms with van der Waals surface area (Å²) in [6, 6.07) is 5.59. The fourth-order valence-electron chi connectivity index (χ4n) is 1.86. The molecule has 6 nitrogen and oxygen atoms in total. The highest BCUT2D eigenvalue weighted by atomic mass is 35.5. The maximum absolute atomic E-state index is 11.7. The number of nitrogens with one attached hydrogen (secondary N) is 2. The number of aryl methyl sites for hydroxylation is 1. The number of hydrogen-bond acceptors (Lipinski definition) is 4. The number of benzene rings is 1. The van der Waals surface area contributed by atoms with Gasteiger partial charge in [-0.15, -0.1) is 0 Å². The van der Waals surface area contributed by atoms with Crippen molar-refractivity contribution in [3.05, 3.63) is 39.1 Å². The van der Waals surface area contributed by atoms with Gasteiger partial charge in [-0.25, -0.2) is 4.98 Å². The first-order valence-corrected chi connectivity index (χ1v) is 5.94. The van der Waals surface area contributed by atoms with Gasteiger partial charge in [-0.1, -0.05) is 17.7 Å². The number of aromatic nitrogens is 4. The van der Waals surface area contributed by atoms with Crippen LogP contribution in [0.3, 0.4) is 0 Å². The Morgan fingerprint density at radius 3 is 2.79 bits per heavy atom. The number of H-pyrrole nitrogens is 2. The molecular formula is C12H10ClN5O. The second-order valence-corrected chi connectivity index (χ2v) is 4.63. The van der Waals surface area contributed by atoms with Gasteiger partial charge in [0.25, 0.3) is 5.56 Å². The van der Waals surface area contributed by atoms with E-state index in [2.05, 4.69) is 19.9 Å². The molecule has 2 heterocycles. The zero-order chi connectivity index (χ0) is 13.6. The van der Waals surface area contributed by atoms with Crippen molar-refractivity contribution in [3.8, 4) is 11.4 Å². The van der Waals surface area contributed by atoms with Crippen LogP contribution in [0.25, 0.3) is 22.6 Å². The van der Waals surface area contributed by atoms with Crippen molar-refractivity contribution < 1.29 is 0 Å². The van der Waals surface area contributed by atoms with Crippen molar-refractivity contribution in [2.45, 2.75) is 6.92 Å². The van der Waals surface area contributed by atoms with Gasteiger partial charge >= 0.3 is 0 Å². The Balaban J connectivity index is 2.26. The van der Waals surface area contributed by atoms with Gasteiger partial charge in [0.1, 0.15) is 5.82 Å². The van der Waals surface area contributed by atoms with Crippen LogP contribution >= 0.6 is 11.6 Å². The van der Waals surface area contributed by atoms with E-state index < -0.39 is 0 Å². The van der Waals surface area contributed by atoms with Crippen molar-refractivity contribution in [1.82, 2.24) is 19.9 Å². The summed E-state index contributed by atoms with van der Waals surface area (Å²) < 4.78 is 0. The van der Waals surface area contributed by atoms with Crippen molar-refractivity contribution in [3.63, 3.8) is 0 Å². The van der Waals surface area contributed by atoms with Crippen LogP contribution in [0.4, 0.5) is 5.95 Å². The quantitative estimate of drug-likeness (QED) is 0.631. The molecule has 0 fully saturated rings. The molecular weight excluding hydrogens is 266 g/mol. The number of nitrogens with two attached hydrogens (primary N) is 1. The third kappa shape index (κ3) is 1.96. The molecule has 2 aromatic heterocycles. The highest BCUT2D eigenvalue weighted by molar-refractivity contribution is 6.33. The van der Waals surface area contributed by atoms with E-state index in [1.54, 1.807) is 0 Å². The smallest absolute Gasteiger partial charge is 0.278 e. The van der Waals surface area contributed by atoms with Crippen molar-refractivity contribution in [2.24, 2.45) is 0 Å². The highest BCUT2D eigenvalue weighted by Crippen LogP contribution is 2.27. The van der Waals surface area contributed by atoms with Crippen LogP contribution in [0, 0.1) is 6.92 Å². The maximum atomic E-state index is 11.7. The van der Waals surface area contributed by atoms with E-state index in [0.717, 1.165) is 5.56 Å². The number of nitrogen functional groups attached to an aromatic ring is 1. The molecule has 96 valence electrons. The van der Waals surface area contributed by atoms with Crippen molar-refractivity contribution >= 4 is 28.7 Å². The molecule has 4 N–H and O–H groups in total. The van der Waals surface area contributed by atoms with Crippen LogP contribution in [-0.2, 0) is 0 Å². The summed E-state index contributed by atoms with van der Waals surface area (Å²) in [7, 11) is 0. The number of aromatic amines is 2. The topological polar surface area (TPSA) is 100 Å². The summed E-state index contributed by atoms with van der Waals surface area (Å²) in [4.78, 5) is 25.2. The molecule has 0 atom stereocenters. The number of rotatable bonds is 1. The van der Waals surface area contributed by atoms with E-state index in [9.17, 15) is 4.79 Å². The molecule has 0 amide bonds. The minimum Gasteiger partial charge on any atom is -0.369 e. The van der Waals surface area contributed by atoms with Gasteiger partial charge < -0.3 is 10.7 Å². The van der Waals surface area contributed by atoms with E-state index in [0.29, 0.717) is 16.4 Å². The molecule has 0 aliphatic heterocycles. The first kappa shape index (κ1) is 11.7. The van der Waals surface area contributed by atoms with Crippen LogP contribution in [0.1, 0.15) is 5.56 Å². The third-order valence-electron chi connectivity index (χ3n) is 2.76. The maximum Gasteiger partial charge on any atom is 0.278 e. The average Bonchev–Trinajstić information content (AvgIpc) is 2.72. The third-order valence-corrected chi connectivity index (χ3v) is 3.07. The molecule has 3 rings (SSSR count). The van der Waals surface area contributed by atoms with E-state index >= 15 is 0 Å². The predicted octanol–water partition coefficient (Wildman–Crippen LogP) is 1.86. The lowest BCUT2D eigenvalue weighted by atomic mass is 10.1. The molecule has 0 radical (unpaired) electrons. The second-order valence-electron chi connectivity index (χ2n) is 4.22. The predicted molar refractivity (Wildman–Crippen MR) is 74.1 cm³/mol. The average molecular weight is 276 g/mol. The van der Waals surface area contributed by atoms with Crippen molar-refractivity contribution in [1.29, 1.82) is 0 Å². The van der Waals surface area contributed by atoms with E-state index in [-0.39, 0.29) is 22.7 Å². The lowest BCUT2D eigenvalue weighted by molar-refractivity contribution is 1.17. The fourth-order valence-corrected chi connectivity index (χ4v) is 2.19. The Morgan fingerprint density at radius 2 is 2.05 bits per heavy atom. The molecule has 3 aromatic rings. The minimum absolute atomic E-state index is 0.0329. The Labute approximate surface area is 112 Å². The summed E-state index contributed by atoms with van der Waals surface area (Å²) in [5.74, 6) is 0.522. The lowest BCUT2D eigenvalue weighted by Gasteiger charge is -2.01. The van der Waals surface area contributed by atoms with Gasteiger partial charge in [-0.05, 0) is 24.6 Å². The molecule has 0 saturated carbocycles. The number of fused-ring (bicyclic) bond motifs is 1. The van der Waals surface area contributed by atoms with E-state index in [4.69, 9.17) is 17.3 Å². The van der Waals surface area contributed by atoms with Gasteiger partial charge in [0.05, 0.1) is 5.02 Å². The minimum atomic E-state index is -0.357. The SMILES string of the molecule is Cc1ccc(-c2nc3nc(N)[nH]c(=O)c3[nH]2)c(Cl)c1. The summed E-state index contributed by atoms with van der Waals surface area (Å²) in [5.41, 5.74) is 7.43. The molecule has 0 saturated heterocycles. The molecule has 0 unspecified atom stereocenters. The van der Waals surface area contributed by atoms with Gasteiger partial charge in [0.15, 0.2) is 11.2 Å². The summed E-state index contributed by atoms with van der Waals surface area (Å²) >= 11 is 6.17. The highest BCUT2D eigenvalue weighted by Gasteiger charge is 2.12. The van der Waals surface area contributed by atoms with E-state index in [1.165, 1.54) is 0 Å². The molecule has 19 heavy (non-hydrogen) atoms. The number of hydrogen-bond donors (Lipinski definition) is 3. The monoisotopic (exact) mass is 275 g/mol. The normalized spacial score (nSPS) is 11.1. The standard InChI is InChI=1S/C12H10ClN5O/c1-5-2-3-6(7(13)4-5)9-15-8-10(16-9)17-12(14)18-11(8)19/h2-4H,1H3,(H4,14,15,16,17,18,19). The second kappa shape index (κ2) is 4.10. The van der Waals surface area contributed by atoms with Gasteiger partial charge in [-0.2, -0.15) is 4.98 Å². The van der Waals surface area contributed by atoms with Gasteiger partial charge in [-0.3, -0.25) is 9.78 Å². The summed E-state index contributed by atoms with van der Waals surface area (Å²) in [6.07, 6.45) is 0. The summed E-state index contributed by atoms with van der Waals surface area (Å²) in [6.45, 7) is 1.95. The Morgan fingerprint density at radius 1 is 1.26 bits per heavy atom. The Hall–Kier alpha value is -2.34. The molecule has 0 aliphatic rings. The molecule has 0 bridgehead atoms. The van der Waals surface area contributed by atoms with Gasteiger partial charge in [0, 0.05) is 5.56 Å². The lowest BCUT2D eigenvalue weighted by Crippen LogP contribution is -2.10. The van der Waals surface area contributed by atoms with Crippen LogP contribution in [-0.4, -0.2) is 19.9 Å². The molecule has 7 heteroatoms. The number of imidazole rings is 1. The van der Waals surface area contributed by atoms with Gasteiger partial charge in [0.2, 0.25) is 5.95 Å². The molecule has 0 spiro atoms. The Bertz CT molecular complexity index is 836.